The third-order valence-corrected chi connectivity index (χ3v) is 2.30. The maximum absolute atomic E-state index is 11.5. The quantitative estimate of drug-likeness (QED) is 0.561. The molecule has 0 saturated heterocycles. The fourth-order valence-electron chi connectivity index (χ4n) is 1.42. The molecule has 2 amide bonds. The summed E-state index contributed by atoms with van der Waals surface area (Å²) >= 11 is 0. The first-order chi connectivity index (χ1) is 9.08. The lowest BCUT2D eigenvalue weighted by atomic mass is 10.1. The van der Waals surface area contributed by atoms with Gasteiger partial charge in [0.1, 0.15) is 6.54 Å². The van der Waals surface area contributed by atoms with Crippen molar-refractivity contribution in [2.45, 2.75) is 13.2 Å². The molecule has 7 heteroatoms. The summed E-state index contributed by atoms with van der Waals surface area (Å²) < 4.78 is 4.38. The predicted molar refractivity (Wildman–Crippen MR) is 67.3 cm³/mol. The van der Waals surface area contributed by atoms with E-state index in [1.54, 1.807) is 18.2 Å². The largest absolute Gasteiger partial charge is 0.468 e. The Morgan fingerprint density at radius 2 is 1.74 bits per heavy atom. The van der Waals surface area contributed by atoms with Crippen LogP contribution in [-0.4, -0.2) is 35.9 Å². The highest BCUT2D eigenvalue weighted by Gasteiger charge is 2.07. The summed E-state index contributed by atoms with van der Waals surface area (Å²) in [6.07, 6.45) is 0. The molecule has 0 aromatic heterocycles. The van der Waals surface area contributed by atoms with Gasteiger partial charge in [-0.1, -0.05) is 6.07 Å². The summed E-state index contributed by atoms with van der Waals surface area (Å²) in [5, 5.41) is 22.9. The Morgan fingerprint density at radius 3 is 2.21 bits per heavy atom. The number of ether oxygens (including phenoxy) is 1. The number of carbonyl (C=O) groups is 2. The van der Waals surface area contributed by atoms with Gasteiger partial charge in [-0.2, -0.15) is 0 Å². The van der Waals surface area contributed by atoms with Crippen molar-refractivity contribution in [3.63, 3.8) is 0 Å². The summed E-state index contributed by atoms with van der Waals surface area (Å²) in [5.41, 5.74) is 1.54. The van der Waals surface area contributed by atoms with Gasteiger partial charge in [-0.15, -0.1) is 0 Å². The van der Waals surface area contributed by atoms with Crippen molar-refractivity contribution < 1.29 is 24.5 Å². The van der Waals surface area contributed by atoms with Crippen LogP contribution in [-0.2, 0) is 22.7 Å². The number of hydrogen-bond acceptors (Lipinski definition) is 5. The zero-order chi connectivity index (χ0) is 14.3. The van der Waals surface area contributed by atoms with Crippen LogP contribution in [0.5, 0.6) is 0 Å². The van der Waals surface area contributed by atoms with Crippen molar-refractivity contribution in [2.75, 3.05) is 19.0 Å². The molecule has 4 N–H and O–H groups in total. The molecule has 7 nitrogen and oxygen atoms in total. The van der Waals surface area contributed by atoms with Crippen molar-refractivity contribution in [1.82, 2.24) is 5.32 Å². The third-order valence-electron chi connectivity index (χ3n) is 2.30. The smallest absolute Gasteiger partial charge is 0.325 e. The van der Waals surface area contributed by atoms with Gasteiger partial charge >= 0.3 is 12.0 Å². The van der Waals surface area contributed by atoms with Crippen molar-refractivity contribution >= 4 is 17.7 Å². The average Bonchev–Trinajstić information content (AvgIpc) is 2.44. The van der Waals surface area contributed by atoms with Gasteiger partial charge in [-0.3, -0.25) is 4.79 Å². The Kier molecular flexibility index (Phi) is 5.77. The van der Waals surface area contributed by atoms with E-state index >= 15 is 0 Å². The van der Waals surface area contributed by atoms with Gasteiger partial charge in [0.25, 0.3) is 0 Å². The molecule has 0 aliphatic heterocycles. The van der Waals surface area contributed by atoms with Crippen LogP contribution in [0.2, 0.25) is 0 Å². The zero-order valence-corrected chi connectivity index (χ0v) is 10.5. The minimum Gasteiger partial charge on any atom is -0.468 e. The summed E-state index contributed by atoms with van der Waals surface area (Å²) in [7, 11) is 1.22. The molecule has 0 radical (unpaired) electrons. The van der Waals surface area contributed by atoms with E-state index in [0.29, 0.717) is 16.8 Å². The van der Waals surface area contributed by atoms with Gasteiger partial charge < -0.3 is 25.6 Å². The van der Waals surface area contributed by atoms with Gasteiger partial charge in [0.05, 0.1) is 20.3 Å². The lowest BCUT2D eigenvalue weighted by molar-refractivity contribution is -0.139. The monoisotopic (exact) mass is 268 g/mol. The molecular weight excluding hydrogens is 252 g/mol. The number of carbonyl (C=O) groups excluding carboxylic acids is 2. The maximum Gasteiger partial charge on any atom is 0.325 e. The van der Waals surface area contributed by atoms with Crippen LogP contribution in [0.3, 0.4) is 0 Å². The SMILES string of the molecule is COC(=O)CNC(=O)Nc1cc(CO)cc(CO)c1. The fraction of sp³-hybridized carbons (Fsp3) is 0.333. The molecule has 0 spiro atoms. The van der Waals surface area contributed by atoms with E-state index in [4.69, 9.17) is 10.2 Å². The first-order valence-corrected chi connectivity index (χ1v) is 5.55. The number of hydrogen-bond donors (Lipinski definition) is 4. The maximum atomic E-state index is 11.5. The number of anilines is 1. The number of amides is 2. The van der Waals surface area contributed by atoms with Crippen molar-refractivity contribution in [3.8, 4) is 0 Å². The number of esters is 1. The van der Waals surface area contributed by atoms with Crippen LogP contribution >= 0.6 is 0 Å². The third kappa shape index (κ3) is 4.94. The first-order valence-electron chi connectivity index (χ1n) is 5.55. The van der Waals surface area contributed by atoms with Gasteiger partial charge in [0, 0.05) is 5.69 Å². The van der Waals surface area contributed by atoms with Crippen LogP contribution in [0.4, 0.5) is 10.5 Å². The number of rotatable bonds is 5. The highest BCUT2D eigenvalue weighted by molar-refractivity contribution is 5.91. The highest BCUT2D eigenvalue weighted by Crippen LogP contribution is 2.15. The van der Waals surface area contributed by atoms with E-state index in [9.17, 15) is 9.59 Å². The molecule has 0 atom stereocenters. The van der Waals surface area contributed by atoms with E-state index in [1.807, 2.05) is 0 Å². The van der Waals surface area contributed by atoms with Crippen LogP contribution in [0.25, 0.3) is 0 Å². The molecule has 0 bridgehead atoms. The van der Waals surface area contributed by atoms with Gasteiger partial charge in [0.2, 0.25) is 0 Å². The van der Waals surface area contributed by atoms with E-state index in [-0.39, 0.29) is 19.8 Å². The molecular formula is C12H16N2O5. The van der Waals surface area contributed by atoms with E-state index in [1.165, 1.54) is 7.11 Å². The summed E-state index contributed by atoms with van der Waals surface area (Å²) in [4.78, 5) is 22.3. The molecule has 104 valence electrons. The number of nitrogens with one attached hydrogen (secondary N) is 2. The molecule has 1 rings (SSSR count). The molecule has 1 aromatic carbocycles. The molecule has 0 aliphatic rings. The van der Waals surface area contributed by atoms with Gasteiger partial charge in [-0.05, 0) is 23.3 Å². The molecule has 0 aliphatic carbocycles. The van der Waals surface area contributed by atoms with E-state index in [2.05, 4.69) is 15.4 Å². The Bertz CT molecular complexity index is 439. The number of urea groups is 1. The van der Waals surface area contributed by atoms with Crippen LogP contribution in [0.1, 0.15) is 11.1 Å². The van der Waals surface area contributed by atoms with E-state index in [0.717, 1.165) is 0 Å². The van der Waals surface area contributed by atoms with Crippen molar-refractivity contribution in [3.05, 3.63) is 29.3 Å². The van der Waals surface area contributed by atoms with Gasteiger partial charge in [-0.25, -0.2) is 4.79 Å². The molecule has 0 unspecified atom stereocenters. The Balaban J connectivity index is 2.65. The predicted octanol–water partition coefficient (Wildman–Crippen LogP) is -0.0343. The van der Waals surface area contributed by atoms with Crippen molar-refractivity contribution in [1.29, 1.82) is 0 Å². The lowest BCUT2D eigenvalue weighted by Gasteiger charge is -2.09. The molecule has 0 fully saturated rings. The van der Waals surface area contributed by atoms with Crippen LogP contribution in [0, 0.1) is 0 Å². The normalized spacial score (nSPS) is 9.84. The Morgan fingerprint density at radius 1 is 1.16 bits per heavy atom. The number of benzene rings is 1. The Labute approximate surface area is 110 Å². The summed E-state index contributed by atoms with van der Waals surface area (Å²) in [6, 6.07) is 4.18. The second-order valence-electron chi connectivity index (χ2n) is 3.74. The Hall–Kier alpha value is -2.12. The first kappa shape index (κ1) is 14.9. The average molecular weight is 268 g/mol. The second kappa shape index (κ2) is 7.34. The highest BCUT2D eigenvalue weighted by atomic mass is 16.5. The second-order valence-corrected chi connectivity index (χ2v) is 3.74. The van der Waals surface area contributed by atoms with Crippen molar-refractivity contribution in [2.24, 2.45) is 0 Å². The molecule has 0 saturated carbocycles. The molecule has 0 heterocycles. The minimum atomic E-state index is -0.579. The molecule has 1 aromatic rings. The fourth-order valence-corrected chi connectivity index (χ4v) is 1.42. The lowest BCUT2D eigenvalue weighted by Crippen LogP contribution is -2.33. The topological polar surface area (TPSA) is 108 Å². The zero-order valence-electron chi connectivity index (χ0n) is 10.5. The molecule has 19 heavy (non-hydrogen) atoms. The van der Waals surface area contributed by atoms with Gasteiger partial charge in [0.15, 0.2) is 0 Å². The number of aliphatic hydroxyl groups excluding tert-OH is 2. The summed E-state index contributed by atoms with van der Waals surface area (Å²) in [5.74, 6) is -0.560. The van der Waals surface area contributed by atoms with Crippen LogP contribution < -0.4 is 10.6 Å². The number of aliphatic hydroxyl groups is 2. The standard InChI is InChI=1S/C12H16N2O5/c1-19-11(17)5-13-12(18)14-10-3-8(6-15)2-9(4-10)7-16/h2-4,15-16H,5-7H2,1H3,(H2,13,14,18). The van der Waals surface area contributed by atoms with E-state index < -0.39 is 12.0 Å². The number of methoxy groups -OCH3 is 1. The van der Waals surface area contributed by atoms with Crippen LogP contribution in [0.15, 0.2) is 18.2 Å². The minimum absolute atomic E-state index is 0.202. The summed E-state index contributed by atoms with van der Waals surface area (Å²) in [6.45, 7) is -0.645.